The van der Waals surface area contributed by atoms with E-state index in [9.17, 15) is 14.7 Å². The Bertz CT molecular complexity index is 235. The Morgan fingerprint density at radius 3 is 1.87 bits per heavy atom. The molecule has 0 amide bonds. The zero-order chi connectivity index (χ0) is 11.5. The van der Waals surface area contributed by atoms with Crippen LogP contribution in [0.2, 0.25) is 0 Å². The van der Waals surface area contributed by atoms with Crippen LogP contribution in [0.1, 0.15) is 26.7 Å². The summed E-state index contributed by atoms with van der Waals surface area (Å²) in [6, 6.07) is 0. The van der Waals surface area contributed by atoms with Crippen LogP contribution in [0, 0.1) is 5.41 Å². The third kappa shape index (κ3) is 2.12. The van der Waals surface area contributed by atoms with E-state index in [4.69, 9.17) is 9.47 Å². The maximum atomic E-state index is 11.5. The molecule has 0 atom stereocenters. The molecule has 0 N–H and O–H groups in total. The minimum absolute atomic E-state index is 0.00926. The van der Waals surface area contributed by atoms with Gasteiger partial charge in [-0.15, -0.1) is 6.10 Å². The van der Waals surface area contributed by atoms with Crippen molar-refractivity contribution in [3.8, 4) is 0 Å². The average Bonchev–Trinajstić information content (AvgIpc) is 2.13. The summed E-state index contributed by atoms with van der Waals surface area (Å²) in [6.45, 7) is 3.71. The highest BCUT2D eigenvalue weighted by Crippen LogP contribution is 2.42. The zero-order valence-electron chi connectivity index (χ0n) is 8.95. The van der Waals surface area contributed by atoms with Crippen molar-refractivity contribution in [3.05, 3.63) is 0 Å². The molecule has 0 bridgehead atoms. The smallest absolute Gasteiger partial charge is 0.323 e. The van der Waals surface area contributed by atoms with E-state index in [0.29, 0.717) is 0 Å². The van der Waals surface area contributed by atoms with Crippen molar-refractivity contribution in [2.75, 3.05) is 13.2 Å². The van der Waals surface area contributed by atoms with Crippen molar-refractivity contribution in [2.45, 2.75) is 32.8 Å². The Kier molecular flexibility index (Phi) is 3.68. The molecule has 15 heavy (non-hydrogen) atoms. The highest BCUT2D eigenvalue weighted by Gasteiger charge is 2.54. The van der Waals surface area contributed by atoms with Crippen LogP contribution in [-0.4, -0.2) is 31.3 Å². The summed E-state index contributed by atoms with van der Waals surface area (Å²) < 4.78 is 9.57. The number of ether oxygens (including phenoxy) is 2. The standard InChI is InChI=1S/C10H15O5/c1-3-14-8(12)10(5-7(11)6-10)9(13)15-4-2/h7H,3-6H2,1-2H3/q-1. The van der Waals surface area contributed by atoms with Crippen LogP contribution in [0.25, 0.3) is 0 Å². The summed E-state index contributed by atoms with van der Waals surface area (Å²) in [6.07, 6.45) is -0.881. The maximum Gasteiger partial charge on any atom is 0.323 e. The van der Waals surface area contributed by atoms with Gasteiger partial charge in [0.25, 0.3) is 0 Å². The number of carbonyl (C=O) groups excluding carboxylic acids is 2. The van der Waals surface area contributed by atoms with Gasteiger partial charge in [-0.3, -0.25) is 9.59 Å². The lowest BCUT2D eigenvalue weighted by atomic mass is 9.66. The maximum absolute atomic E-state index is 11.5. The normalized spacial score (nSPS) is 19.1. The molecule has 1 saturated carbocycles. The molecule has 0 aliphatic heterocycles. The minimum atomic E-state index is -1.32. The van der Waals surface area contributed by atoms with E-state index in [1.807, 2.05) is 0 Å². The van der Waals surface area contributed by atoms with Gasteiger partial charge in [0, 0.05) is 0 Å². The fourth-order valence-corrected chi connectivity index (χ4v) is 1.67. The number of hydrogen-bond acceptors (Lipinski definition) is 5. The predicted molar refractivity (Wildman–Crippen MR) is 48.7 cm³/mol. The first-order valence-electron chi connectivity index (χ1n) is 5.07. The lowest BCUT2D eigenvalue weighted by Gasteiger charge is -2.46. The first kappa shape index (κ1) is 12.0. The fraction of sp³-hybridized carbons (Fsp3) is 0.800. The Morgan fingerprint density at radius 2 is 1.60 bits per heavy atom. The van der Waals surface area contributed by atoms with Gasteiger partial charge >= 0.3 is 11.9 Å². The molecule has 1 rings (SSSR count). The summed E-state index contributed by atoms with van der Waals surface area (Å²) >= 11 is 0. The van der Waals surface area contributed by atoms with E-state index in [-0.39, 0.29) is 26.1 Å². The second kappa shape index (κ2) is 4.61. The average molecular weight is 215 g/mol. The zero-order valence-corrected chi connectivity index (χ0v) is 8.95. The molecule has 0 unspecified atom stereocenters. The first-order chi connectivity index (χ1) is 7.06. The number of esters is 2. The van der Waals surface area contributed by atoms with Gasteiger partial charge in [-0.2, -0.15) is 0 Å². The molecular weight excluding hydrogens is 200 g/mol. The Balaban J connectivity index is 2.71. The fourth-order valence-electron chi connectivity index (χ4n) is 1.67. The van der Waals surface area contributed by atoms with Crippen LogP contribution in [-0.2, 0) is 19.1 Å². The van der Waals surface area contributed by atoms with Gasteiger partial charge in [-0.05, 0) is 26.7 Å². The van der Waals surface area contributed by atoms with Crippen molar-refractivity contribution >= 4 is 11.9 Å². The largest absolute Gasteiger partial charge is 0.852 e. The van der Waals surface area contributed by atoms with Crippen LogP contribution in [0.5, 0.6) is 0 Å². The Hall–Kier alpha value is -1.10. The molecule has 86 valence electrons. The van der Waals surface area contributed by atoms with Crippen LogP contribution < -0.4 is 5.11 Å². The molecule has 1 aliphatic rings. The molecule has 0 spiro atoms. The van der Waals surface area contributed by atoms with Crippen molar-refractivity contribution in [2.24, 2.45) is 5.41 Å². The van der Waals surface area contributed by atoms with Gasteiger partial charge in [-0.1, -0.05) is 0 Å². The first-order valence-corrected chi connectivity index (χ1v) is 5.07. The number of rotatable bonds is 4. The van der Waals surface area contributed by atoms with Gasteiger partial charge < -0.3 is 14.6 Å². The van der Waals surface area contributed by atoms with Crippen LogP contribution in [0.15, 0.2) is 0 Å². The Morgan fingerprint density at radius 1 is 1.20 bits per heavy atom. The molecule has 5 heteroatoms. The molecule has 0 aromatic rings. The molecule has 0 aromatic heterocycles. The summed E-state index contributed by atoms with van der Waals surface area (Å²) in [7, 11) is 0. The van der Waals surface area contributed by atoms with Gasteiger partial charge in [-0.25, -0.2) is 0 Å². The van der Waals surface area contributed by atoms with E-state index in [2.05, 4.69) is 0 Å². The molecule has 1 fully saturated rings. The van der Waals surface area contributed by atoms with Gasteiger partial charge in [0.1, 0.15) is 0 Å². The number of carbonyl (C=O) groups is 2. The van der Waals surface area contributed by atoms with Crippen molar-refractivity contribution < 1.29 is 24.2 Å². The number of hydrogen-bond donors (Lipinski definition) is 0. The third-order valence-corrected chi connectivity index (χ3v) is 2.48. The van der Waals surface area contributed by atoms with E-state index < -0.39 is 23.5 Å². The topological polar surface area (TPSA) is 75.7 Å². The van der Waals surface area contributed by atoms with E-state index in [1.165, 1.54) is 0 Å². The minimum Gasteiger partial charge on any atom is -0.852 e. The second-order valence-electron chi connectivity index (χ2n) is 3.55. The molecular formula is C10H15O5-. The van der Waals surface area contributed by atoms with E-state index in [1.54, 1.807) is 13.8 Å². The van der Waals surface area contributed by atoms with Gasteiger partial charge in [0.15, 0.2) is 5.41 Å². The highest BCUT2D eigenvalue weighted by atomic mass is 16.6. The summed E-state index contributed by atoms with van der Waals surface area (Å²) in [5.41, 5.74) is -1.32. The second-order valence-corrected chi connectivity index (χ2v) is 3.55. The van der Waals surface area contributed by atoms with Crippen LogP contribution in [0.4, 0.5) is 0 Å². The van der Waals surface area contributed by atoms with Crippen LogP contribution >= 0.6 is 0 Å². The predicted octanol–water partition coefficient (Wildman–Crippen LogP) is -0.378. The van der Waals surface area contributed by atoms with E-state index >= 15 is 0 Å². The van der Waals surface area contributed by atoms with Gasteiger partial charge in [0.05, 0.1) is 13.2 Å². The molecule has 1 aliphatic carbocycles. The third-order valence-electron chi connectivity index (χ3n) is 2.48. The lowest BCUT2D eigenvalue weighted by Crippen LogP contribution is -2.58. The van der Waals surface area contributed by atoms with Gasteiger partial charge in [0.2, 0.25) is 0 Å². The summed E-state index contributed by atoms with van der Waals surface area (Å²) in [4.78, 5) is 23.1. The van der Waals surface area contributed by atoms with Crippen molar-refractivity contribution in [1.82, 2.24) is 0 Å². The Labute approximate surface area is 88.4 Å². The summed E-state index contributed by atoms with van der Waals surface area (Å²) in [5.74, 6) is -1.26. The molecule has 5 nitrogen and oxygen atoms in total. The van der Waals surface area contributed by atoms with Crippen LogP contribution in [0.3, 0.4) is 0 Å². The van der Waals surface area contributed by atoms with Crippen molar-refractivity contribution in [3.63, 3.8) is 0 Å². The SMILES string of the molecule is CCOC(=O)C1(C(=O)OCC)CC([O-])C1. The lowest BCUT2D eigenvalue weighted by molar-refractivity contribution is -0.449. The van der Waals surface area contributed by atoms with Crippen molar-refractivity contribution in [1.29, 1.82) is 0 Å². The monoisotopic (exact) mass is 215 g/mol. The van der Waals surface area contributed by atoms with E-state index in [0.717, 1.165) is 0 Å². The molecule has 0 aromatic carbocycles. The highest BCUT2D eigenvalue weighted by molar-refractivity contribution is 6.01. The quantitative estimate of drug-likeness (QED) is 0.472. The molecule has 0 heterocycles. The molecule has 0 radical (unpaired) electrons. The molecule has 0 saturated heterocycles. The summed E-state index contributed by atoms with van der Waals surface area (Å²) in [5, 5.41) is 11.0.